The number of amides is 2. The summed E-state index contributed by atoms with van der Waals surface area (Å²) in [7, 11) is 0. The molecule has 7 nitrogen and oxygen atoms in total. The van der Waals surface area contributed by atoms with Crippen LogP contribution >= 0.6 is 11.6 Å². The van der Waals surface area contributed by atoms with Gasteiger partial charge in [-0.3, -0.25) is 4.98 Å². The number of H-pyrrole nitrogens is 1. The van der Waals surface area contributed by atoms with E-state index in [1.807, 2.05) is 12.1 Å². The highest BCUT2D eigenvalue weighted by Gasteiger charge is 2.17. The Bertz CT molecular complexity index is 1070. The van der Waals surface area contributed by atoms with Gasteiger partial charge >= 0.3 is 6.03 Å². The summed E-state index contributed by atoms with van der Waals surface area (Å²) >= 11 is 6.06. The van der Waals surface area contributed by atoms with Crippen molar-refractivity contribution >= 4 is 28.5 Å². The fourth-order valence-corrected chi connectivity index (χ4v) is 3.45. The summed E-state index contributed by atoms with van der Waals surface area (Å²) in [5.74, 6) is 0. The SMILES string of the molecule is N#Cc1c(-c2cncc(CNC(=O)N3CCOCC3)c2)[nH]c2cc(Cl)ccc12. The molecule has 1 aliphatic heterocycles. The van der Waals surface area contributed by atoms with Crippen molar-refractivity contribution < 1.29 is 9.53 Å². The molecule has 28 heavy (non-hydrogen) atoms. The average molecular weight is 396 g/mol. The van der Waals surface area contributed by atoms with Crippen LogP contribution in [0.15, 0.2) is 36.7 Å². The van der Waals surface area contributed by atoms with E-state index < -0.39 is 0 Å². The van der Waals surface area contributed by atoms with Gasteiger partial charge in [-0.2, -0.15) is 5.26 Å². The van der Waals surface area contributed by atoms with Crippen molar-refractivity contribution in [2.24, 2.45) is 0 Å². The van der Waals surface area contributed by atoms with Gasteiger partial charge in [-0.15, -0.1) is 0 Å². The number of hydrogen-bond acceptors (Lipinski definition) is 4. The zero-order valence-electron chi connectivity index (χ0n) is 15.0. The molecule has 1 fully saturated rings. The second-order valence-electron chi connectivity index (χ2n) is 6.52. The summed E-state index contributed by atoms with van der Waals surface area (Å²) in [4.78, 5) is 21.5. The number of carbonyl (C=O) groups is 1. The highest BCUT2D eigenvalue weighted by atomic mass is 35.5. The molecule has 4 rings (SSSR count). The van der Waals surface area contributed by atoms with Crippen molar-refractivity contribution in [3.63, 3.8) is 0 Å². The van der Waals surface area contributed by atoms with Gasteiger partial charge in [0.1, 0.15) is 6.07 Å². The molecule has 0 spiro atoms. The average Bonchev–Trinajstić information content (AvgIpc) is 3.10. The number of aromatic amines is 1. The number of nitrogens with one attached hydrogen (secondary N) is 2. The van der Waals surface area contributed by atoms with E-state index in [9.17, 15) is 10.1 Å². The fourth-order valence-electron chi connectivity index (χ4n) is 3.28. The van der Waals surface area contributed by atoms with Crippen LogP contribution in [0.25, 0.3) is 22.2 Å². The van der Waals surface area contributed by atoms with Crippen LogP contribution in [-0.2, 0) is 11.3 Å². The molecule has 3 heterocycles. The topological polar surface area (TPSA) is 94.0 Å². The Balaban J connectivity index is 1.56. The van der Waals surface area contributed by atoms with Crippen molar-refractivity contribution in [1.29, 1.82) is 5.26 Å². The van der Waals surface area contributed by atoms with Crippen LogP contribution < -0.4 is 5.32 Å². The fraction of sp³-hybridized carbons (Fsp3) is 0.250. The van der Waals surface area contributed by atoms with Gasteiger partial charge in [0, 0.05) is 53.5 Å². The standard InChI is InChI=1S/C20H18ClN5O2/c21-15-1-2-16-17(9-22)19(25-18(16)8-15)14-7-13(10-23-12-14)11-24-20(27)26-3-5-28-6-4-26/h1-2,7-8,10,12,25H,3-6,11H2,(H,24,27). The number of benzene rings is 1. The van der Waals surface area contributed by atoms with Crippen molar-refractivity contribution in [1.82, 2.24) is 20.2 Å². The summed E-state index contributed by atoms with van der Waals surface area (Å²) in [5.41, 5.74) is 3.66. The molecule has 1 aliphatic rings. The van der Waals surface area contributed by atoms with Crippen LogP contribution in [0.1, 0.15) is 11.1 Å². The summed E-state index contributed by atoms with van der Waals surface area (Å²) in [5, 5.41) is 14.0. The Morgan fingerprint density at radius 2 is 2.14 bits per heavy atom. The first-order valence-electron chi connectivity index (χ1n) is 8.92. The van der Waals surface area contributed by atoms with Gasteiger partial charge in [-0.1, -0.05) is 11.6 Å². The molecule has 1 aromatic carbocycles. The molecular weight excluding hydrogens is 378 g/mol. The van der Waals surface area contributed by atoms with E-state index in [0.717, 1.165) is 22.0 Å². The largest absolute Gasteiger partial charge is 0.378 e. The third-order valence-corrected chi connectivity index (χ3v) is 4.93. The highest BCUT2D eigenvalue weighted by molar-refractivity contribution is 6.31. The number of pyridine rings is 1. The Kier molecular flexibility index (Phi) is 5.15. The Hall–Kier alpha value is -3.08. The number of rotatable bonds is 3. The molecule has 142 valence electrons. The molecule has 3 aromatic rings. The summed E-state index contributed by atoms with van der Waals surface area (Å²) < 4.78 is 5.26. The lowest BCUT2D eigenvalue weighted by Crippen LogP contribution is -2.45. The van der Waals surface area contributed by atoms with Crippen molar-refractivity contribution in [3.05, 3.63) is 52.8 Å². The molecule has 2 aromatic heterocycles. The van der Waals surface area contributed by atoms with E-state index in [2.05, 4.69) is 21.4 Å². The maximum Gasteiger partial charge on any atom is 0.317 e. The van der Waals surface area contributed by atoms with Gasteiger partial charge in [-0.05, 0) is 29.8 Å². The number of nitrogens with zero attached hydrogens (tertiary/aromatic N) is 3. The molecule has 2 amide bonds. The first-order valence-corrected chi connectivity index (χ1v) is 9.29. The number of carbonyl (C=O) groups excluding carboxylic acids is 1. The van der Waals surface area contributed by atoms with E-state index in [4.69, 9.17) is 16.3 Å². The first kappa shape index (κ1) is 18.3. The summed E-state index contributed by atoms with van der Waals surface area (Å²) in [6.45, 7) is 2.66. The Labute approximate surface area is 166 Å². The van der Waals surface area contributed by atoms with Gasteiger partial charge in [0.25, 0.3) is 0 Å². The second kappa shape index (κ2) is 7.89. The van der Waals surface area contributed by atoms with Crippen LogP contribution in [-0.4, -0.2) is 47.2 Å². The first-order chi connectivity index (χ1) is 13.7. The summed E-state index contributed by atoms with van der Waals surface area (Å²) in [6, 6.07) is 9.44. The molecular formula is C20H18ClN5O2. The molecule has 0 radical (unpaired) electrons. The normalized spacial score (nSPS) is 14.1. The molecule has 1 saturated heterocycles. The van der Waals surface area contributed by atoms with Gasteiger partial charge < -0.3 is 19.9 Å². The van der Waals surface area contributed by atoms with Gasteiger partial charge in [0.2, 0.25) is 0 Å². The molecule has 8 heteroatoms. The van der Waals surface area contributed by atoms with Crippen molar-refractivity contribution in [2.45, 2.75) is 6.54 Å². The third kappa shape index (κ3) is 3.65. The van der Waals surface area contributed by atoms with Crippen LogP contribution in [0.4, 0.5) is 4.79 Å². The third-order valence-electron chi connectivity index (χ3n) is 4.70. The predicted octanol–water partition coefficient (Wildman–Crippen LogP) is 3.30. The lowest BCUT2D eigenvalue weighted by Gasteiger charge is -2.26. The zero-order chi connectivity index (χ0) is 19.5. The minimum Gasteiger partial charge on any atom is -0.378 e. The van der Waals surface area contributed by atoms with Gasteiger partial charge in [0.05, 0.1) is 24.5 Å². The monoisotopic (exact) mass is 395 g/mol. The number of nitriles is 1. The number of hydrogen-bond donors (Lipinski definition) is 2. The molecule has 0 atom stereocenters. The number of fused-ring (bicyclic) bond motifs is 1. The Morgan fingerprint density at radius 1 is 1.32 bits per heavy atom. The van der Waals surface area contributed by atoms with Crippen LogP contribution in [0.5, 0.6) is 0 Å². The van der Waals surface area contributed by atoms with Crippen LogP contribution in [0.2, 0.25) is 5.02 Å². The minimum absolute atomic E-state index is 0.119. The molecule has 0 aliphatic carbocycles. The molecule has 0 unspecified atom stereocenters. The van der Waals surface area contributed by atoms with Crippen molar-refractivity contribution in [2.75, 3.05) is 26.3 Å². The van der Waals surface area contributed by atoms with E-state index >= 15 is 0 Å². The van der Waals surface area contributed by atoms with E-state index in [1.54, 1.807) is 29.4 Å². The zero-order valence-corrected chi connectivity index (χ0v) is 15.8. The number of ether oxygens (including phenoxy) is 1. The quantitative estimate of drug-likeness (QED) is 0.711. The lowest BCUT2D eigenvalue weighted by atomic mass is 10.1. The van der Waals surface area contributed by atoms with Gasteiger partial charge in [-0.25, -0.2) is 4.79 Å². The van der Waals surface area contributed by atoms with Crippen molar-refractivity contribution in [3.8, 4) is 17.3 Å². The van der Waals surface area contributed by atoms with E-state index in [-0.39, 0.29) is 6.03 Å². The lowest BCUT2D eigenvalue weighted by molar-refractivity contribution is 0.0531. The maximum atomic E-state index is 12.3. The maximum absolute atomic E-state index is 12.3. The van der Waals surface area contributed by atoms with Gasteiger partial charge in [0.15, 0.2) is 0 Å². The highest BCUT2D eigenvalue weighted by Crippen LogP contribution is 2.31. The number of halogens is 1. The smallest absolute Gasteiger partial charge is 0.317 e. The summed E-state index contributed by atoms with van der Waals surface area (Å²) in [6.07, 6.45) is 3.40. The van der Waals surface area contributed by atoms with Crippen LogP contribution in [0.3, 0.4) is 0 Å². The van der Waals surface area contributed by atoms with E-state index in [0.29, 0.717) is 49.1 Å². The number of urea groups is 1. The molecule has 2 N–H and O–H groups in total. The molecule has 0 saturated carbocycles. The van der Waals surface area contributed by atoms with E-state index in [1.165, 1.54) is 0 Å². The Morgan fingerprint density at radius 3 is 2.93 bits per heavy atom. The number of aromatic nitrogens is 2. The predicted molar refractivity (Wildman–Crippen MR) is 106 cm³/mol. The number of morpholine rings is 1. The second-order valence-corrected chi connectivity index (χ2v) is 6.95. The minimum atomic E-state index is -0.119. The van der Waals surface area contributed by atoms with Crippen LogP contribution in [0, 0.1) is 11.3 Å². The molecule has 0 bridgehead atoms.